The van der Waals surface area contributed by atoms with Crippen LogP contribution in [0.15, 0.2) is 48.5 Å². The van der Waals surface area contributed by atoms with Crippen molar-refractivity contribution in [1.82, 2.24) is 4.90 Å². The summed E-state index contributed by atoms with van der Waals surface area (Å²) in [5.74, 6) is -0.335. The molecule has 7 heteroatoms. The smallest absolute Gasteiger partial charge is 0.250 e. The summed E-state index contributed by atoms with van der Waals surface area (Å²) in [6, 6.07) is 15.4. The van der Waals surface area contributed by atoms with Gasteiger partial charge in [-0.3, -0.25) is 9.59 Å². The van der Waals surface area contributed by atoms with Crippen molar-refractivity contribution in [3.05, 3.63) is 59.7 Å². The molecule has 2 aromatic rings. The van der Waals surface area contributed by atoms with Gasteiger partial charge >= 0.3 is 0 Å². The predicted molar refractivity (Wildman–Crippen MR) is 119 cm³/mol. The second kappa shape index (κ2) is 11.3. The molecule has 0 heterocycles. The Morgan fingerprint density at radius 1 is 1.00 bits per heavy atom. The van der Waals surface area contributed by atoms with E-state index < -0.39 is 0 Å². The third-order valence-electron chi connectivity index (χ3n) is 4.80. The first-order valence-corrected chi connectivity index (χ1v) is 9.79. The number of ether oxygens (including phenoxy) is 2. The first-order valence-electron chi connectivity index (χ1n) is 9.79. The zero-order chi connectivity index (χ0) is 22.1. The minimum absolute atomic E-state index is 0.00125. The summed E-state index contributed by atoms with van der Waals surface area (Å²) in [6.45, 7) is 2.36. The van der Waals surface area contributed by atoms with Gasteiger partial charge in [-0.25, -0.2) is 0 Å². The highest BCUT2D eigenvalue weighted by atomic mass is 16.5. The molecule has 1 atom stereocenters. The van der Waals surface area contributed by atoms with E-state index in [2.05, 4.69) is 5.32 Å². The van der Waals surface area contributed by atoms with Gasteiger partial charge in [-0.1, -0.05) is 30.3 Å². The van der Waals surface area contributed by atoms with E-state index in [1.807, 2.05) is 74.4 Å². The Hall–Kier alpha value is -2.90. The number of hydrogen-bond donors (Lipinski definition) is 1. The maximum Gasteiger partial charge on any atom is 0.250 e. The SMILES string of the molecule is COCC(=O)Nc1ccc(N(C)C)c(CN(C(=O)COC)[C@@H](C)c2ccccc2)c1. The van der Waals surface area contributed by atoms with Gasteiger partial charge in [0.1, 0.15) is 13.2 Å². The van der Waals surface area contributed by atoms with Crippen molar-refractivity contribution >= 4 is 23.2 Å². The van der Waals surface area contributed by atoms with Crippen LogP contribution in [0.25, 0.3) is 0 Å². The van der Waals surface area contributed by atoms with Gasteiger partial charge in [-0.15, -0.1) is 0 Å². The van der Waals surface area contributed by atoms with Crippen molar-refractivity contribution in [3.8, 4) is 0 Å². The molecule has 0 aliphatic carbocycles. The first kappa shape index (κ1) is 23.4. The lowest BCUT2D eigenvalue weighted by Crippen LogP contribution is -2.36. The van der Waals surface area contributed by atoms with Crippen molar-refractivity contribution in [3.63, 3.8) is 0 Å². The molecular formula is C23H31N3O4. The Labute approximate surface area is 178 Å². The molecule has 0 aromatic heterocycles. The molecule has 0 radical (unpaired) electrons. The normalized spacial score (nSPS) is 11.6. The van der Waals surface area contributed by atoms with Crippen LogP contribution in [0.3, 0.4) is 0 Å². The Morgan fingerprint density at radius 2 is 1.67 bits per heavy atom. The standard InChI is InChI=1S/C23H31N3O4/c1-17(18-9-7-6-8-10-18)26(23(28)16-30-5)14-19-13-20(24-22(27)15-29-4)11-12-21(19)25(2)3/h6-13,17H,14-16H2,1-5H3,(H,24,27)/t17-/m0/s1. The molecule has 162 valence electrons. The van der Waals surface area contributed by atoms with Crippen molar-refractivity contribution in [1.29, 1.82) is 0 Å². The number of anilines is 2. The topological polar surface area (TPSA) is 71.1 Å². The maximum atomic E-state index is 12.9. The van der Waals surface area contributed by atoms with E-state index in [4.69, 9.17) is 9.47 Å². The molecule has 0 aliphatic rings. The molecular weight excluding hydrogens is 382 g/mol. The fourth-order valence-corrected chi connectivity index (χ4v) is 3.30. The number of nitrogens with one attached hydrogen (secondary N) is 1. The van der Waals surface area contributed by atoms with Crippen LogP contribution < -0.4 is 10.2 Å². The zero-order valence-electron chi connectivity index (χ0n) is 18.3. The average molecular weight is 414 g/mol. The summed E-state index contributed by atoms with van der Waals surface area (Å²) >= 11 is 0. The van der Waals surface area contributed by atoms with E-state index in [0.29, 0.717) is 12.2 Å². The van der Waals surface area contributed by atoms with E-state index in [1.54, 1.807) is 4.90 Å². The van der Waals surface area contributed by atoms with Crippen LogP contribution in [0, 0.1) is 0 Å². The molecule has 0 spiro atoms. The number of nitrogens with zero attached hydrogens (tertiary/aromatic N) is 2. The van der Waals surface area contributed by atoms with Crippen LogP contribution in [0.4, 0.5) is 11.4 Å². The molecule has 30 heavy (non-hydrogen) atoms. The van der Waals surface area contributed by atoms with Gasteiger partial charge in [0.25, 0.3) is 0 Å². The Bertz CT molecular complexity index is 840. The van der Waals surface area contributed by atoms with E-state index in [1.165, 1.54) is 14.2 Å². The largest absolute Gasteiger partial charge is 0.377 e. The molecule has 2 aromatic carbocycles. The Balaban J connectivity index is 2.38. The fraction of sp³-hybridized carbons (Fsp3) is 0.391. The van der Waals surface area contributed by atoms with Crippen LogP contribution >= 0.6 is 0 Å². The van der Waals surface area contributed by atoms with Crippen molar-refractivity contribution < 1.29 is 19.1 Å². The highest BCUT2D eigenvalue weighted by Gasteiger charge is 2.23. The molecule has 0 aliphatic heterocycles. The van der Waals surface area contributed by atoms with Gasteiger partial charge in [-0.2, -0.15) is 0 Å². The van der Waals surface area contributed by atoms with Gasteiger partial charge < -0.3 is 24.6 Å². The summed E-state index contributed by atoms with van der Waals surface area (Å²) in [7, 11) is 6.89. The molecule has 2 rings (SSSR count). The lowest BCUT2D eigenvalue weighted by atomic mass is 10.0. The number of carbonyl (C=O) groups is 2. The van der Waals surface area contributed by atoms with Gasteiger partial charge in [0.15, 0.2) is 0 Å². The summed E-state index contributed by atoms with van der Waals surface area (Å²) in [4.78, 5) is 28.6. The quantitative estimate of drug-likeness (QED) is 0.648. The Kier molecular flexibility index (Phi) is 8.83. The third-order valence-corrected chi connectivity index (χ3v) is 4.80. The molecule has 0 unspecified atom stereocenters. The average Bonchev–Trinajstić information content (AvgIpc) is 2.72. The summed E-state index contributed by atoms with van der Waals surface area (Å²) in [5.41, 5.74) is 3.58. The fourth-order valence-electron chi connectivity index (χ4n) is 3.30. The minimum Gasteiger partial charge on any atom is -0.377 e. The second-order valence-corrected chi connectivity index (χ2v) is 7.26. The second-order valence-electron chi connectivity index (χ2n) is 7.26. The molecule has 0 saturated heterocycles. The third kappa shape index (κ3) is 6.30. The molecule has 0 saturated carbocycles. The number of amides is 2. The van der Waals surface area contributed by atoms with Gasteiger partial charge in [-0.05, 0) is 36.2 Å². The van der Waals surface area contributed by atoms with Crippen LogP contribution in [0.5, 0.6) is 0 Å². The highest BCUT2D eigenvalue weighted by Crippen LogP contribution is 2.28. The summed E-state index contributed by atoms with van der Waals surface area (Å²) < 4.78 is 10.0. The van der Waals surface area contributed by atoms with Crippen LogP contribution in [0.1, 0.15) is 24.1 Å². The van der Waals surface area contributed by atoms with E-state index in [9.17, 15) is 9.59 Å². The molecule has 1 N–H and O–H groups in total. The number of carbonyl (C=O) groups excluding carboxylic acids is 2. The monoisotopic (exact) mass is 413 g/mol. The van der Waals surface area contributed by atoms with E-state index in [0.717, 1.165) is 16.8 Å². The molecule has 7 nitrogen and oxygen atoms in total. The van der Waals surface area contributed by atoms with Crippen molar-refractivity contribution in [2.24, 2.45) is 0 Å². The molecule has 0 fully saturated rings. The van der Waals surface area contributed by atoms with Crippen molar-refractivity contribution in [2.75, 3.05) is 51.7 Å². The number of rotatable bonds is 10. The lowest BCUT2D eigenvalue weighted by molar-refractivity contribution is -0.138. The van der Waals surface area contributed by atoms with E-state index >= 15 is 0 Å². The van der Waals surface area contributed by atoms with Crippen LogP contribution in [-0.4, -0.2) is 58.2 Å². The summed E-state index contributed by atoms with van der Waals surface area (Å²) in [5, 5.41) is 2.83. The number of benzene rings is 2. The predicted octanol–water partition coefficient (Wildman–Crippen LogP) is 3.07. The first-order chi connectivity index (χ1) is 14.4. The van der Waals surface area contributed by atoms with Crippen LogP contribution in [0.2, 0.25) is 0 Å². The summed E-state index contributed by atoms with van der Waals surface area (Å²) in [6.07, 6.45) is 0. The Morgan fingerprint density at radius 3 is 2.27 bits per heavy atom. The van der Waals surface area contributed by atoms with Crippen LogP contribution in [-0.2, 0) is 25.6 Å². The maximum absolute atomic E-state index is 12.9. The van der Waals surface area contributed by atoms with Crippen molar-refractivity contribution in [2.45, 2.75) is 19.5 Å². The minimum atomic E-state index is -0.231. The molecule has 0 bridgehead atoms. The molecule has 2 amide bonds. The van der Waals surface area contributed by atoms with Gasteiger partial charge in [0.05, 0.1) is 6.04 Å². The number of methoxy groups -OCH3 is 2. The van der Waals surface area contributed by atoms with Gasteiger partial charge in [0, 0.05) is 46.2 Å². The number of hydrogen-bond acceptors (Lipinski definition) is 5. The zero-order valence-corrected chi connectivity index (χ0v) is 18.3. The van der Waals surface area contributed by atoms with Gasteiger partial charge in [0.2, 0.25) is 11.8 Å². The highest BCUT2D eigenvalue weighted by molar-refractivity contribution is 5.92. The lowest BCUT2D eigenvalue weighted by Gasteiger charge is -2.31. The van der Waals surface area contributed by atoms with E-state index in [-0.39, 0.29) is 31.1 Å².